The number of hydrogen-bond acceptors (Lipinski definition) is 4. The molecule has 1 aromatic heterocycles. The number of amides is 2. The summed E-state index contributed by atoms with van der Waals surface area (Å²) in [6.07, 6.45) is 1.89. The van der Waals surface area contributed by atoms with E-state index >= 15 is 0 Å². The van der Waals surface area contributed by atoms with Crippen LogP contribution in [-0.4, -0.2) is 39.9 Å². The van der Waals surface area contributed by atoms with Gasteiger partial charge in [0.15, 0.2) is 0 Å². The normalized spacial score (nSPS) is 20.7. The quantitative estimate of drug-likeness (QED) is 0.816. The minimum Gasteiger partial charge on any atom is -0.480 e. The van der Waals surface area contributed by atoms with E-state index in [9.17, 15) is 19.5 Å². The van der Waals surface area contributed by atoms with Gasteiger partial charge in [0.2, 0.25) is 11.8 Å². The van der Waals surface area contributed by atoms with E-state index in [1.807, 2.05) is 0 Å². The Balaban J connectivity index is 1.98. The maximum Gasteiger partial charge on any atom is 0.329 e. The zero-order valence-electron chi connectivity index (χ0n) is 12.7. The molecule has 2 heterocycles. The number of aliphatic carboxylic acids is 1. The molecule has 0 spiro atoms. The molecule has 7 nitrogen and oxygen atoms in total. The van der Waals surface area contributed by atoms with Crippen molar-refractivity contribution in [2.75, 3.05) is 6.54 Å². The lowest BCUT2D eigenvalue weighted by molar-refractivity contribution is -0.147. The number of furan rings is 1. The Labute approximate surface area is 128 Å². The van der Waals surface area contributed by atoms with Gasteiger partial charge >= 0.3 is 5.97 Å². The predicted octanol–water partition coefficient (Wildman–Crippen LogP) is 0.998. The number of carboxylic acids is 1. The third-order valence-corrected chi connectivity index (χ3v) is 4.09. The Bertz CT molecular complexity index is 568. The molecule has 0 aromatic carbocycles. The summed E-state index contributed by atoms with van der Waals surface area (Å²) in [4.78, 5) is 37.0. The van der Waals surface area contributed by atoms with Crippen LogP contribution in [0, 0.1) is 5.92 Å². The molecule has 1 aliphatic heterocycles. The summed E-state index contributed by atoms with van der Waals surface area (Å²) in [5.74, 6) is -1.50. The minimum atomic E-state index is -1.31. The lowest BCUT2D eigenvalue weighted by atomic mass is 9.97. The van der Waals surface area contributed by atoms with Gasteiger partial charge in [0.25, 0.3) is 0 Å². The minimum absolute atomic E-state index is 0.0892. The van der Waals surface area contributed by atoms with Crippen LogP contribution in [0.5, 0.6) is 0 Å². The van der Waals surface area contributed by atoms with E-state index in [4.69, 9.17) is 4.42 Å². The third-order valence-electron chi connectivity index (χ3n) is 4.09. The first kappa shape index (κ1) is 16.1. The van der Waals surface area contributed by atoms with Gasteiger partial charge in [-0.15, -0.1) is 0 Å². The zero-order valence-corrected chi connectivity index (χ0v) is 12.7. The second kappa shape index (κ2) is 6.21. The topological polar surface area (TPSA) is 99.9 Å². The Hall–Kier alpha value is -2.31. The second-order valence-electron chi connectivity index (χ2n) is 5.73. The molecule has 2 atom stereocenters. The number of nitrogens with zero attached hydrogens (tertiary/aromatic N) is 1. The summed E-state index contributed by atoms with van der Waals surface area (Å²) in [6, 6.07) is 3.50. The van der Waals surface area contributed by atoms with Crippen molar-refractivity contribution in [1.82, 2.24) is 10.2 Å². The highest BCUT2D eigenvalue weighted by molar-refractivity contribution is 5.92. The van der Waals surface area contributed by atoms with Crippen LogP contribution < -0.4 is 5.32 Å². The molecule has 0 aliphatic carbocycles. The molecule has 0 bridgehead atoms. The maximum atomic E-state index is 12.2. The lowest BCUT2D eigenvalue weighted by Gasteiger charge is -2.26. The van der Waals surface area contributed by atoms with Gasteiger partial charge in [0.1, 0.15) is 11.3 Å². The zero-order chi connectivity index (χ0) is 16.3. The molecular weight excluding hydrogens is 288 g/mol. The fourth-order valence-corrected chi connectivity index (χ4v) is 2.36. The number of carboxylic acid groups (broad SMARTS) is 1. The van der Waals surface area contributed by atoms with Crippen LogP contribution in [-0.2, 0) is 20.9 Å². The van der Waals surface area contributed by atoms with Crippen molar-refractivity contribution in [3.63, 3.8) is 0 Å². The van der Waals surface area contributed by atoms with E-state index in [0.29, 0.717) is 12.3 Å². The molecule has 22 heavy (non-hydrogen) atoms. The first-order chi connectivity index (χ1) is 10.4. The van der Waals surface area contributed by atoms with Crippen molar-refractivity contribution in [3.8, 4) is 0 Å². The van der Waals surface area contributed by atoms with Crippen LogP contribution in [0.1, 0.15) is 32.4 Å². The van der Waals surface area contributed by atoms with E-state index in [-0.39, 0.29) is 25.3 Å². The summed E-state index contributed by atoms with van der Waals surface area (Å²) in [5.41, 5.74) is -1.31. The Morgan fingerprint density at radius 2 is 2.27 bits per heavy atom. The van der Waals surface area contributed by atoms with Crippen LogP contribution in [0.4, 0.5) is 0 Å². The molecule has 7 heteroatoms. The van der Waals surface area contributed by atoms with Crippen molar-refractivity contribution in [2.24, 2.45) is 5.92 Å². The largest absolute Gasteiger partial charge is 0.480 e. The molecule has 1 aliphatic rings. The standard InChI is InChI=1S/C15H20N2O5/c1-3-15(2,14(20)21)16-13(19)10-7-12(18)17(8-10)9-11-5-4-6-22-11/h4-6,10H,3,7-9H2,1-2H3,(H,16,19)(H,20,21). The van der Waals surface area contributed by atoms with Crippen molar-refractivity contribution >= 4 is 17.8 Å². The van der Waals surface area contributed by atoms with Crippen LogP contribution in [0.15, 0.2) is 22.8 Å². The highest BCUT2D eigenvalue weighted by Gasteiger charge is 2.39. The number of carbonyl (C=O) groups is 3. The Morgan fingerprint density at radius 3 is 2.82 bits per heavy atom. The summed E-state index contributed by atoms with van der Waals surface area (Å²) in [6.45, 7) is 3.74. The van der Waals surface area contributed by atoms with E-state index in [1.54, 1.807) is 24.0 Å². The van der Waals surface area contributed by atoms with Gasteiger partial charge in [-0.3, -0.25) is 9.59 Å². The molecule has 1 saturated heterocycles. The van der Waals surface area contributed by atoms with E-state index in [0.717, 1.165) is 0 Å². The maximum absolute atomic E-state index is 12.2. The SMILES string of the molecule is CCC(C)(NC(=O)C1CC(=O)N(Cc2ccco2)C1)C(=O)O. The number of carbonyl (C=O) groups excluding carboxylic acids is 2. The molecule has 1 aromatic rings. The third kappa shape index (κ3) is 3.29. The predicted molar refractivity (Wildman–Crippen MR) is 76.7 cm³/mol. The smallest absolute Gasteiger partial charge is 0.329 e. The first-order valence-electron chi connectivity index (χ1n) is 7.21. The molecule has 2 unspecified atom stereocenters. The average Bonchev–Trinajstić information content (AvgIpc) is 3.09. The highest BCUT2D eigenvalue weighted by Crippen LogP contribution is 2.22. The number of nitrogens with one attached hydrogen (secondary N) is 1. The monoisotopic (exact) mass is 308 g/mol. The molecule has 0 saturated carbocycles. The fourth-order valence-electron chi connectivity index (χ4n) is 2.36. The van der Waals surface area contributed by atoms with Gasteiger partial charge < -0.3 is 19.7 Å². The molecular formula is C15H20N2O5. The van der Waals surface area contributed by atoms with Gasteiger partial charge in [-0.1, -0.05) is 6.92 Å². The first-order valence-corrected chi connectivity index (χ1v) is 7.21. The van der Waals surface area contributed by atoms with Crippen molar-refractivity contribution in [2.45, 2.75) is 38.8 Å². The molecule has 0 radical (unpaired) electrons. The van der Waals surface area contributed by atoms with Crippen LogP contribution >= 0.6 is 0 Å². The van der Waals surface area contributed by atoms with Crippen LogP contribution in [0.25, 0.3) is 0 Å². The van der Waals surface area contributed by atoms with E-state index in [1.165, 1.54) is 13.2 Å². The fraction of sp³-hybridized carbons (Fsp3) is 0.533. The second-order valence-corrected chi connectivity index (χ2v) is 5.73. The highest BCUT2D eigenvalue weighted by atomic mass is 16.4. The van der Waals surface area contributed by atoms with E-state index < -0.39 is 23.3 Å². The van der Waals surface area contributed by atoms with Crippen molar-refractivity contribution < 1.29 is 23.9 Å². The summed E-state index contributed by atoms with van der Waals surface area (Å²) >= 11 is 0. The van der Waals surface area contributed by atoms with E-state index in [2.05, 4.69) is 5.32 Å². The van der Waals surface area contributed by atoms with Gasteiger partial charge in [0.05, 0.1) is 18.7 Å². The molecule has 120 valence electrons. The number of rotatable bonds is 6. The van der Waals surface area contributed by atoms with Crippen molar-refractivity contribution in [3.05, 3.63) is 24.2 Å². The average molecular weight is 308 g/mol. The van der Waals surface area contributed by atoms with Crippen LogP contribution in [0.2, 0.25) is 0 Å². The van der Waals surface area contributed by atoms with Gasteiger partial charge in [-0.25, -0.2) is 4.79 Å². The summed E-state index contributed by atoms with van der Waals surface area (Å²) in [5, 5.41) is 11.7. The Kier molecular flexibility index (Phi) is 4.54. The van der Waals surface area contributed by atoms with Crippen molar-refractivity contribution in [1.29, 1.82) is 0 Å². The molecule has 2 N–H and O–H groups in total. The summed E-state index contributed by atoms with van der Waals surface area (Å²) < 4.78 is 5.20. The molecule has 1 fully saturated rings. The number of likely N-dealkylation sites (tertiary alicyclic amines) is 1. The van der Waals surface area contributed by atoms with Gasteiger partial charge in [-0.2, -0.15) is 0 Å². The Morgan fingerprint density at radius 1 is 1.55 bits per heavy atom. The van der Waals surface area contributed by atoms with Gasteiger partial charge in [0, 0.05) is 13.0 Å². The lowest BCUT2D eigenvalue weighted by Crippen LogP contribution is -2.53. The summed E-state index contributed by atoms with van der Waals surface area (Å²) in [7, 11) is 0. The van der Waals surface area contributed by atoms with Gasteiger partial charge in [-0.05, 0) is 25.5 Å². The van der Waals surface area contributed by atoms with Crippen LogP contribution in [0.3, 0.4) is 0 Å². The molecule has 2 amide bonds. The number of hydrogen-bond donors (Lipinski definition) is 2. The molecule has 2 rings (SSSR count).